The number of fused-ring (bicyclic) bond motifs is 1. The van der Waals surface area contributed by atoms with E-state index in [0.29, 0.717) is 16.7 Å². The van der Waals surface area contributed by atoms with Gasteiger partial charge in [-0.3, -0.25) is 19.3 Å². The van der Waals surface area contributed by atoms with Crippen LogP contribution in [0, 0.1) is 13.8 Å². The first-order chi connectivity index (χ1) is 16.1. The van der Waals surface area contributed by atoms with Gasteiger partial charge in [0.15, 0.2) is 0 Å². The monoisotopic (exact) mass is 454 g/mol. The minimum Gasteiger partial charge on any atom is -0.307 e. The van der Waals surface area contributed by atoms with E-state index >= 15 is 0 Å². The van der Waals surface area contributed by atoms with Gasteiger partial charge in [-0.1, -0.05) is 62.2 Å². The third-order valence-electron chi connectivity index (χ3n) is 6.18. The molecule has 3 amide bonds. The van der Waals surface area contributed by atoms with Crippen LogP contribution in [0.3, 0.4) is 0 Å². The first-order valence-corrected chi connectivity index (χ1v) is 11.5. The van der Waals surface area contributed by atoms with Gasteiger partial charge in [-0.2, -0.15) is 0 Å². The largest absolute Gasteiger partial charge is 0.307 e. The van der Waals surface area contributed by atoms with Crippen molar-refractivity contribution in [2.45, 2.75) is 40.0 Å². The van der Waals surface area contributed by atoms with Gasteiger partial charge in [0.05, 0.1) is 11.1 Å². The highest BCUT2D eigenvalue weighted by molar-refractivity contribution is 6.21. The van der Waals surface area contributed by atoms with Gasteiger partial charge in [-0.15, -0.1) is 0 Å². The van der Waals surface area contributed by atoms with Crippen molar-refractivity contribution < 1.29 is 14.4 Å². The molecule has 0 aromatic heterocycles. The van der Waals surface area contributed by atoms with Crippen LogP contribution in [0.5, 0.6) is 0 Å². The van der Waals surface area contributed by atoms with Crippen LogP contribution >= 0.6 is 0 Å². The van der Waals surface area contributed by atoms with E-state index in [1.54, 1.807) is 29.2 Å². The lowest BCUT2D eigenvalue weighted by Crippen LogP contribution is -2.41. The molecule has 0 saturated heterocycles. The molecular formula is C29H30N2O3. The van der Waals surface area contributed by atoms with Crippen molar-refractivity contribution in [1.29, 1.82) is 0 Å². The summed E-state index contributed by atoms with van der Waals surface area (Å²) in [5.41, 5.74) is 5.30. The zero-order valence-corrected chi connectivity index (χ0v) is 20.4. The van der Waals surface area contributed by atoms with E-state index in [4.69, 9.17) is 0 Å². The molecule has 0 aliphatic carbocycles. The SMILES string of the molecule is Cc1cc(C)cc(C(=O)N(CCN2C(=O)c3ccccc3C2=O)c2ccc(C(C)(C)C)cc2)c1. The van der Waals surface area contributed by atoms with E-state index in [-0.39, 0.29) is 36.2 Å². The second-order valence-electron chi connectivity index (χ2n) is 9.94. The molecule has 0 saturated carbocycles. The molecule has 0 fully saturated rings. The van der Waals surface area contributed by atoms with E-state index in [0.717, 1.165) is 22.4 Å². The Balaban J connectivity index is 1.65. The van der Waals surface area contributed by atoms with Crippen LogP contribution in [0.4, 0.5) is 5.69 Å². The molecule has 0 atom stereocenters. The van der Waals surface area contributed by atoms with E-state index in [2.05, 4.69) is 20.8 Å². The molecule has 5 heteroatoms. The zero-order chi connectivity index (χ0) is 24.6. The van der Waals surface area contributed by atoms with Crippen molar-refractivity contribution in [1.82, 2.24) is 4.90 Å². The second kappa shape index (κ2) is 8.90. The summed E-state index contributed by atoms with van der Waals surface area (Å²) < 4.78 is 0. The Morgan fingerprint density at radius 2 is 1.35 bits per heavy atom. The van der Waals surface area contributed by atoms with Crippen LogP contribution in [-0.4, -0.2) is 35.7 Å². The third-order valence-corrected chi connectivity index (χ3v) is 6.18. The van der Waals surface area contributed by atoms with Crippen molar-refractivity contribution in [2.75, 3.05) is 18.0 Å². The van der Waals surface area contributed by atoms with Gasteiger partial charge in [0.1, 0.15) is 0 Å². The molecule has 0 radical (unpaired) electrons. The molecule has 34 heavy (non-hydrogen) atoms. The fraction of sp³-hybridized carbons (Fsp3) is 0.276. The number of rotatable bonds is 5. The molecule has 174 valence electrons. The lowest BCUT2D eigenvalue weighted by molar-refractivity contribution is 0.0654. The number of carbonyl (C=O) groups excluding carboxylic acids is 3. The predicted octanol–water partition coefficient (Wildman–Crippen LogP) is 5.54. The van der Waals surface area contributed by atoms with Crippen molar-refractivity contribution in [3.05, 3.63) is 100 Å². The van der Waals surface area contributed by atoms with Crippen LogP contribution in [0.1, 0.15) is 68.5 Å². The van der Waals surface area contributed by atoms with Crippen molar-refractivity contribution in [3.63, 3.8) is 0 Å². The summed E-state index contributed by atoms with van der Waals surface area (Å²) in [6.45, 7) is 10.7. The van der Waals surface area contributed by atoms with Gasteiger partial charge in [0.2, 0.25) is 0 Å². The highest BCUT2D eigenvalue weighted by Crippen LogP contribution is 2.27. The molecule has 1 heterocycles. The number of imide groups is 1. The molecule has 0 bridgehead atoms. The number of aryl methyl sites for hydroxylation is 2. The smallest absolute Gasteiger partial charge is 0.261 e. The Labute approximate surface area is 201 Å². The minimum absolute atomic E-state index is 0.0127. The van der Waals surface area contributed by atoms with Gasteiger partial charge >= 0.3 is 0 Å². The summed E-state index contributed by atoms with van der Waals surface area (Å²) in [7, 11) is 0. The van der Waals surface area contributed by atoms with E-state index in [9.17, 15) is 14.4 Å². The molecule has 0 unspecified atom stereocenters. The van der Waals surface area contributed by atoms with Crippen LogP contribution in [0.25, 0.3) is 0 Å². The summed E-state index contributed by atoms with van der Waals surface area (Å²) in [5.74, 6) is -0.795. The molecule has 1 aliphatic heterocycles. The van der Waals surface area contributed by atoms with Crippen LogP contribution in [-0.2, 0) is 5.41 Å². The molecule has 4 rings (SSSR count). The Kier molecular flexibility index (Phi) is 6.13. The van der Waals surface area contributed by atoms with Crippen LogP contribution in [0.15, 0.2) is 66.7 Å². The van der Waals surface area contributed by atoms with E-state index in [1.807, 2.05) is 56.3 Å². The summed E-state index contributed by atoms with van der Waals surface area (Å²) in [4.78, 5) is 42.2. The van der Waals surface area contributed by atoms with Crippen LogP contribution in [0.2, 0.25) is 0 Å². The minimum atomic E-state index is -0.317. The summed E-state index contributed by atoms with van der Waals surface area (Å²) in [6.07, 6.45) is 0. The lowest BCUT2D eigenvalue weighted by Gasteiger charge is -2.27. The molecular weight excluding hydrogens is 424 g/mol. The summed E-state index contributed by atoms with van der Waals surface area (Å²) >= 11 is 0. The fourth-order valence-electron chi connectivity index (χ4n) is 4.39. The average Bonchev–Trinajstić information content (AvgIpc) is 3.03. The number of hydrogen-bond donors (Lipinski definition) is 0. The Morgan fingerprint density at radius 3 is 1.85 bits per heavy atom. The maximum Gasteiger partial charge on any atom is 0.261 e. The standard InChI is InChI=1S/C29H30N2O3/c1-19-16-20(2)18-21(17-19)26(32)30(23-12-10-22(11-13-23)29(3,4)5)14-15-31-27(33)24-8-6-7-9-25(24)28(31)34/h6-13,16-18H,14-15H2,1-5H3. The van der Waals surface area contributed by atoms with E-state index in [1.165, 1.54) is 4.90 Å². The molecule has 0 N–H and O–H groups in total. The predicted molar refractivity (Wildman–Crippen MR) is 135 cm³/mol. The number of amides is 3. The molecule has 1 aliphatic rings. The zero-order valence-electron chi connectivity index (χ0n) is 20.4. The third kappa shape index (κ3) is 4.51. The summed E-state index contributed by atoms with van der Waals surface area (Å²) in [6, 6.07) is 20.5. The first kappa shape index (κ1) is 23.4. The molecule has 5 nitrogen and oxygen atoms in total. The van der Waals surface area contributed by atoms with Gasteiger partial charge in [-0.05, 0) is 61.2 Å². The average molecular weight is 455 g/mol. The second-order valence-corrected chi connectivity index (χ2v) is 9.94. The maximum atomic E-state index is 13.7. The number of benzene rings is 3. The molecule has 3 aromatic rings. The van der Waals surface area contributed by atoms with Crippen LogP contribution < -0.4 is 4.90 Å². The van der Waals surface area contributed by atoms with Crippen molar-refractivity contribution in [3.8, 4) is 0 Å². The highest BCUT2D eigenvalue weighted by atomic mass is 16.2. The lowest BCUT2D eigenvalue weighted by atomic mass is 9.87. The molecule has 0 spiro atoms. The van der Waals surface area contributed by atoms with Gasteiger partial charge < -0.3 is 4.90 Å². The Hall–Kier alpha value is -3.73. The number of anilines is 1. The Bertz CT molecular complexity index is 1210. The fourth-order valence-corrected chi connectivity index (χ4v) is 4.39. The number of nitrogens with zero attached hydrogens (tertiary/aromatic N) is 2. The van der Waals surface area contributed by atoms with Gasteiger partial charge in [-0.25, -0.2) is 0 Å². The first-order valence-electron chi connectivity index (χ1n) is 11.5. The highest BCUT2D eigenvalue weighted by Gasteiger charge is 2.35. The van der Waals surface area contributed by atoms with E-state index < -0.39 is 0 Å². The topological polar surface area (TPSA) is 57.7 Å². The normalized spacial score (nSPS) is 13.3. The van der Waals surface area contributed by atoms with Crippen molar-refractivity contribution >= 4 is 23.4 Å². The van der Waals surface area contributed by atoms with Crippen molar-refractivity contribution in [2.24, 2.45) is 0 Å². The number of carbonyl (C=O) groups is 3. The number of hydrogen-bond acceptors (Lipinski definition) is 3. The Morgan fingerprint density at radius 1 is 0.824 bits per heavy atom. The quantitative estimate of drug-likeness (QED) is 0.476. The van der Waals surface area contributed by atoms with Gasteiger partial charge in [0.25, 0.3) is 17.7 Å². The molecule has 3 aromatic carbocycles. The van der Waals surface area contributed by atoms with Gasteiger partial charge in [0, 0.05) is 24.3 Å². The maximum absolute atomic E-state index is 13.7. The summed E-state index contributed by atoms with van der Waals surface area (Å²) in [5, 5.41) is 0.